The van der Waals surface area contributed by atoms with Crippen molar-refractivity contribution in [3.05, 3.63) is 71.8 Å². The van der Waals surface area contributed by atoms with Crippen molar-refractivity contribution in [2.75, 3.05) is 11.1 Å². The van der Waals surface area contributed by atoms with Gasteiger partial charge in [0.15, 0.2) is 0 Å². The summed E-state index contributed by atoms with van der Waals surface area (Å²) in [6.45, 7) is 7.06. The van der Waals surface area contributed by atoms with Gasteiger partial charge in [-0.15, -0.1) is 0 Å². The summed E-state index contributed by atoms with van der Waals surface area (Å²) < 4.78 is 43.0. The predicted molar refractivity (Wildman–Crippen MR) is 127 cm³/mol. The molecule has 9 heteroatoms. The lowest BCUT2D eigenvalue weighted by molar-refractivity contribution is 0.519. The van der Waals surface area contributed by atoms with E-state index in [4.69, 9.17) is 11.1 Å². The third-order valence-electron chi connectivity index (χ3n) is 4.69. The van der Waals surface area contributed by atoms with Crippen molar-refractivity contribution in [2.45, 2.75) is 38.0 Å². The first-order valence-electron chi connectivity index (χ1n) is 9.89. The van der Waals surface area contributed by atoms with Gasteiger partial charge in [0.1, 0.15) is 17.5 Å². The molecule has 32 heavy (non-hydrogen) atoms. The Bertz CT molecular complexity index is 1330. The molecule has 5 N–H and O–H groups in total. The van der Waals surface area contributed by atoms with Crippen molar-refractivity contribution in [1.29, 1.82) is 5.41 Å². The van der Waals surface area contributed by atoms with E-state index in [1.54, 1.807) is 30.3 Å². The highest BCUT2D eigenvalue weighted by molar-refractivity contribution is 7.89. The number of nitrogens with one attached hydrogen (secondary N) is 3. The lowest BCUT2D eigenvalue weighted by Crippen LogP contribution is -2.28. The van der Waals surface area contributed by atoms with Crippen molar-refractivity contribution in [3.63, 3.8) is 0 Å². The van der Waals surface area contributed by atoms with Crippen LogP contribution >= 0.6 is 0 Å². The van der Waals surface area contributed by atoms with Crippen LogP contribution in [0.3, 0.4) is 0 Å². The van der Waals surface area contributed by atoms with Crippen LogP contribution in [0.2, 0.25) is 0 Å². The summed E-state index contributed by atoms with van der Waals surface area (Å²) in [6, 6.07) is 12.5. The van der Waals surface area contributed by atoms with Crippen molar-refractivity contribution in [2.24, 2.45) is 0 Å². The van der Waals surface area contributed by atoms with Crippen molar-refractivity contribution in [3.8, 4) is 0 Å². The fraction of sp³-hybridized carbons (Fsp3) is 0.217. The van der Waals surface area contributed by atoms with Crippen molar-refractivity contribution < 1.29 is 12.8 Å². The number of hydrogen-bond acceptors (Lipinski definition) is 6. The Labute approximate surface area is 187 Å². The monoisotopic (exact) mass is 455 g/mol. The maximum absolute atomic E-state index is 14.6. The summed E-state index contributed by atoms with van der Waals surface area (Å²) in [5, 5.41) is 11.5. The number of anilines is 2. The van der Waals surface area contributed by atoms with E-state index >= 15 is 0 Å². The molecule has 0 spiro atoms. The molecule has 0 atom stereocenters. The third kappa shape index (κ3) is 5.23. The minimum atomic E-state index is -4.12. The number of nitrogen functional groups attached to an aromatic ring is 1. The van der Waals surface area contributed by atoms with Gasteiger partial charge in [-0.2, -0.15) is 0 Å². The Hall–Kier alpha value is -3.46. The minimum Gasteiger partial charge on any atom is -0.384 e. The van der Waals surface area contributed by atoms with Gasteiger partial charge in [-0.1, -0.05) is 32.9 Å². The van der Waals surface area contributed by atoms with Crippen LogP contribution in [0.25, 0.3) is 10.9 Å². The SMILES string of the molecule is CC(=N)/C=C(\Nc1cccc2nc(N)ccc12)NS(=O)(=O)c1ccc(C(C)(C)C)c(F)c1. The number of fused-ring (bicyclic) bond motifs is 1. The van der Waals surface area contributed by atoms with Gasteiger partial charge in [-0.25, -0.2) is 17.8 Å². The first kappa shape index (κ1) is 23.2. The molecule has 1 heterocycles. The Morgan fingerprint density at radius 3 is 2.50 bits per heavy atom. The topological polar surface area (TPSA) is 121 Å². The second-order valence-corrected chi connectivity index (χ2v) is 10.2. The van der Waals surface area contributed by atoms with Crippen molar-refractivity contribution >= 4 is 38.1 Å². The van der Waals surface area contributed by atoms with Crippen LogP contribution in [0, 0.1) is 11.2 Å². The number of sulfonamides is 1. The fourth-order valence-corrected chi connectivity index (χ4v) is 4.23. The second-order valence-electron chi connectivity index (χ2n) is 8.47. The Morgan fingerprint density at radius 1 is 1.16 bits per heavy atom. The summed E-state index contributed by atoms with van der Waals surface area (Å²) in [7, 11) is -4.12. The zero-order chi connectivity index (χ0) is 23.7. The van der Waals surface area contributed by atoms with E-state index in [9.17, 15) is 12.8 Å². The van der Waals surface area contributed by atoms with Crippen LogP contribution in [0.15, 0.2) is 65.3 Å². The molecule has 3 rings (SSSR count). The van der Waals surface area contributed by atoms with E-state index in [2.05, 4.69) is 15.0 Å². The van der Waals surface area contributed by atoms with Gasteiger partial charge < -0.3 is 16.5 Å². The van der Waals surface area contributed by atoms with E-state index in [1.165, 1.54) is 25.1 Å². The van der Waals surface area contributed by atoms with Crippen LogP contribution in [-0.4, -0.2) is 19.1 Å². The first-order chi connectivity index (χ1) is 14.9. The van der Waals surface area contributed by atoms with Crippen LogP contribution < -0.4 is 15.8 Å². The molecule has 0 radical (unpaired) electrons. The molecule has 2 aromatic carbocycles. The van der Waals surface area contributed by atoms with Gasteiger partial charge in [0.05, 0.1) is 10.4 Å². The maximum Gasteiger partial charge on any atom is 0.263 e. The Balaban J connectivity index is 1.96. The number of hydrogen-bond donors (Lipinski definition) is 4. The smallest absolute Gasteiger partial charge is 0.263 e. The average molecular weight is 456 g/mol. The largest absolute Gasteiger partial charge is 0.384 e. The Kier molecular flexibility index (Phi) is 6.23. The zero-order valence-corrected chi connectivity index (χ0v) is 19.1. The molecule has 0 aliphatic carbocycles. The Morgan fingerprint density at radius 2 is 1.88 bits per heavy atom. The second kappa shape index (κ2) is 8.58. The highest BCUT2D eigenvalue weighted by atomic mass is 32.2. The number of halogens is 1. The van der Waals surface area contributed by atoms with Crippen LogP contribution in [-0.2, 0) is 15.4 Å². The van der Waals surface area contributed by atoms with E-state index in [1.807, 2.05) is 20.8 Å². The summed E-state index contributed by atoms with van der Waals surface area (Å²) in [6.07, 6.45) is 1.33. The molecule has 0 aliphatic heterocycles. The summed E-state index contributed by atoms with van der Waals surface area (Å²) >= 11 is 0. The lowest BCUT2D eigenvalue weighted by Gasteiger charge is -2.20. The quantitative estimate of drug-likeness (QED) is 0.407. The molecule has 0 fully saturated rings. The number of allylic oxidation sites excluding steroid dienone is 1. The molecular formula is C23H26FN5O2S. The van der Waals surface area contributed by atoms with Crippen molar-refractivity contribution in [1.82, 2.24) is 9.71 Å². The van der Waals surface area contributed by atoms with E-state index in [0.29, 0.717) is 22.6 Å². The van der Waals surface area contributed by atoms with E-state index < -0.39 is 21.3 Å². The molecular weight excluding hydrogens is 429 g/mol. The molecule has 7 nitrogen and oxygen atoms in total. The van der Waals surface area contributed by atoms with Crippen LogP contribution in [0.1, 0.15) is 33.3 Å². The van der Waals surface area contributed by atoms with Gasteiger partial charge >= 0.3 is 0 Å². The highest BCUT2D eigenvalue weighted by Crippen LogP contribution is 2.27. The number of pyridine rings is 1. The number of benzene rings is 2. The molecule has 3 aromatic rings. The molecule has 0 saturated carbocycles. The molecule has 168 valence electrons. The first-order valence-corrected chi connectivity index (χ1v) is 11.4. The predicted octanol–water partition coefficient (Wildman–Crippen LogP) is 4.53. The van der Waals surface area contributed by atoms with Gasteiger partial charge in [0.2, 0.25) is 0 Å². The normalized spacial score (nSPS) is 12.6. The average Bonchev–Trinajstić information content (AvgIpc) is 2.66. The molecule has 1 aromatic heterocycles. The van der Waals surface area contributed by atoms with Crippen LogP contribution in [0.4, 0.5) is 15.9 Å². The highest BCUT2D eigenvalue weighted by Gasteiger charge is 2.23. The zero-order valence-electron chi connectivity index (χ0n) is 18.3. The number of nitrogens with two attached hydrogens (primary N) is 1. The standard InChI is InChI=1S/C23H26FN5O2S/c1-14(25)12-22(28-20-7-5-6-19-16(20)9-11-21(26)27-19)29-32(30,31)15-8-10-17(18(24)13-15)23(2,3)4/h5-13,25,28-29H,1-4H3,(H2,26,27)/b22-12+,25-14?. The van der Waals surface area contributed by atoms with Gasteiger partial charge in [0.25, 0.3) is 10.0 Å². The maximum atomic E-state index is 14.6. The minimum absolute atomic E-state index is 0.0436. The number of nitrogens with zero attached hydrogens (tertiary/aromatic N) is 1. The number of aromatic nitrogens is 1. The molecule has 0 aliphatic rings. The molecule has 0 saturated heterocycles. The van der Waals surface area contributed by atoms with Gasteiger partial charge in [-0.3, -0.25) is 4.72 Å². The van der Waals surface area contributed by atoms with Gasteiger partial charge in [-0.05, 0) is 60.4 Å². The summed E-state index contributed by atoms with van der Waals surface area (Å²) in [4.78, 5) is 4.04. The number of rotatable bonds is 6. The molecule has 0 bridgehead atoms. The lowest BCUT2D eigenvalue weighted by atomic mass is 9.87. The summed E-state index contributed by atoms with van der Waals surface area (Å²) in [5.41, 5.74) is 7.02. The van der Waals surface area contributed by atoms with E-state index in [0.717, 1.165) is 11.5 Å². The van der Waals surface area contributed by atoms with E-state index in [-0.39, 0.29) is 16.4 Å². The fourth-order valence-electron chi connectivity index (χ4n) is 3.21. The molecule has 0 amide bonds. The summed E-state index contributed by atoms with van der Waals surface area (Å²) in [5.74, 6) is -0.191. The molecule has 0 unspecified atom stereocenters. The third-order valence-corrected chi connectivity index (χ3v) is 6.05. The van der Waals surface area contributed by atoms with Gasteiger partial charge in [0, 0.05) is 16.8 Å². The van der Waals surface area contributed by atoms with Crippen LogP contribution in [0.5, 0.6) is 0 Å².